The zero-order valence-corrected chi connectivity index (χ0v) is 13.0. The quantitative estimate of drug-likeness (QED) is 0.863. The third-order valence-corrected chi connectivity index (χ3v) is 4.89. The van der Waals surface area contributed by atoms with Gasteiger partial charge < -0.3 is 10.1 Å². The molecule has 0 saturated heterocycles. The van der Waals surface area contributed by atoms with Gasteiger partial charge in [0.2, 0.25) is 5.91 Å². The summed E-state index contributed by atoms with van der Waals surface area (Å²) in [5, 5.41) is 2.90. The minimum atomic E-state index is -0.722. The second-order valence-corrected chi connectivity index (χ2v) is 6.17. The van der Waals surface area contributed by atoms with Crippen molar-refractivity contribution in [1.82, 2.24) is 0 Å². The fourth-order valence-electron chi connectivity index (χ4n) is 3.59. The van der Waals surface area contributed by atoms with Crippen molar-refractivity contribution in [2.24, 2.45) is 11.8 Å². The molecule has 1 fully saturated rings. The molecule has 1 spiro atoms. The fraction of sp³-hybridized carbons (Fsp3) is 0.467. The van der Waals surface area contributed by atoms with E-state index in [2.05, 4.69) is 21.2 Å². The van der Waals surface area contributed by atoms with Gasteiger partial charge in [-0.2, -0.15) is 0 Å². The highest BCUT2D eigenvalue weighted by Gasteiger charge is 2.75. The van der Waals surface area contributed by atoms with Crippen LogP contribution in [0.25, 0.3) is 0 Å². The largest absolute Gasteiger partial charge is 0.466 e. The number of benzene rings is 1. The van der Waals surface area contributed by atoms with Gasteiger partial charge in [0.25, 0.3) is 0 Å². The maximum absolute atomic E-state index is 12.5. The van der Waals surface area contributed by atoms with Gasteiger partial charge in [0.05, 0.1) is 17.9 Å². The number of rotatable bonds is 3. The molecule has 2 aliphatic rings. The smallest absolute Gasteiger partial charge is 0.310 e. The van der Waals surface area contributed by atoms with Gasteiger partial charge in [-0.05, 0) is 36.6 Å². The Bertz CT molecular complexity index is 601. The molecule has 0 radical (unpaired) electrons. The number of ether oxygens (including phenoxy) is 1. The lowest BCUT2D eigenvalue weighted by Gasteiger charge is -2.09. The van der Waals surface area contributed by atoms with Crippen LogP contribution in [0, 0.1) is 11.8 Å². The summed E-state index contributed by atoms with van der Waals surface area (Å²) in [6, 6.07) is 5.70. The van der Waals surface area contributed by atoms with Crippen LogP contribution in [-0.4, -0.2) is 18.5 Å². The predicted octanol–water partition coefficient (Wildman–Crippen LogP) is 2.86. The van der Waals surface area contributed by atoms with Crippen molar-refractivity contribution >= 4 is 33.5 Å². The van der Waals surface area contributed by atoms with E-state index in [1.807, 2.05) is 25.1 Å². The van der Waals surface area contributed by atoms with Crippen LogP contribution in [0.2, 0.25) is 0 Å². The fourth-order valence-corrected chi connectivity index (χ4v) is 3.95. The zero-order valence-electron chi connectivity index (χ0n) is 11.4. The van der Waals surface area contributed by atoms with Crippen LogP contribution in [-0.2, 0) is 19.7 Å². The number of esters is 1. The van der Waals surface area contributed by atoms with Gasteiger partial charge in [-0.15, -0.1) is 0 Å². The van der Waals surface area contributed by atoms with Crippen LogP contribution in [0.4, 0.5) is 5.69 Å². The molecule has 4 nitrogen and oxygen atoms in total. The van der Waals surface area contributed by atoms with Gasteiger partial charge in [-0.1, -0.05) is 29.3 Å². The molecule has 1 aliphatic heterocycles. The molecule has 1 amide bonds. The van der Waals surface area contributed by atoms with E-state index in [1.165, 1.54) is 0 Å². The van der Waals surface area contributed by atoms with E-state index in [1.54, 1.807) is 6.92 Å². The van der Waals surface area contributed by atoms with Gasteiger partial charge in [0.1, 0.15) is 0 Å². The molecule has 0 bridgehead atoms. The van der Waals surface area contributed by atoms with Crippen LogP contribution in [0.3, 0.4) is 0 Å². The molecule has 0 aromatic heterocycles. The second kappa shape index (κ2) is 4.58. The molecule has 5 heteroatoms. The molecule has 1 N–H and O–H groups in total. The third kappa shape index (κ3) is 1.59. The summed E-state index contributed by atoms with van der Waals surface area (Å²) in [5.74, 6) is -0.669. The molecule has 1 heterocycles. The van der Waals surface area contributed by atoms with Crippen molar-refractivity contribution in [1.29, 1.82) is 0 Å². The number of hydrogen-bond acceptors (Lipinski definition) is 3. The highest BCUT2D eigenvalue weighted by molar-refractivity contribution is 9.10. The molecular weight excluding hydrogens is 322 g/mol. The first-order valence-corrected chi connectivity index (χ1v) is 7.64. The summed E-state index contributed by atoms with van der Waals surface area (Å²) in [4.78, 5) is 24.6. The lowest BCUT2D eigenvalue weighted by atomic mass is 9.92. The number of anilines is 1. The monoisotopic (exact) mass is 337 g/mol. The van der Waals surface area contributed by atoms with Crippen molar-refractivity contribution in [3.05, 3.63) is 28.2 Å². The van der Waals surface area contributed by atoms with E-state index in [9.17, 15) is 9.59 Å². The Balaban J connectivity index is 2.07. The number of fused-ring (bicyclic) bond motifs is 2. The number of amides is 1. The number of halogens is 1. The minimum Gasteiger partial charge on any atom is -0.466 e. The molecule has 1 aliphatic carbocycles. The summed E-state index contributed by atoms with van der Waals surface area (Å²) >= 11 is 3.44. The van der Waals surface area contributed by atoms with Gasteiger partial charge in [-0.3, -0.25) is 9.59 Å². The number of carbonyl (C=O) groups excluding carboxylic acids is 2. The topological polar surface area (TPSA) is 55.4 Å². The SMILES string of the molecule is CCOC(=O)[C@H]1C(CC)[C@]12C(=O)Nc1ccc(Br)cc12. The first-order valence-electron chi connectivity index (χ1n) is 6.85. The number of hydrogen-bond donors (Lipinski definition) is 1. The van der Waals surface area contributed by atoms with Gasteiger partial charge >= 0.3 is 5.97 Å². The highest BCUT2D eigenvalue weighted by atomic mass is 79.9. The first kappa shape index (κ1) is 13.6. The standard InChI is InChI=1S/C15H16BrNO3/c1-3-9-12(13(18)20-4-2)15(9)10-7-8(16)5-6-11(10)17-14(15)19/h5-7,9,12H,3-4H2,1-2H3,(H,17,19)/t9?,12-,15-/m1/s1. The van der Waals surface area contributed by atoms with Gasteiger partial charge in [0.15, 0.2) is 0 Å². The van der Waals surface area contributed by atoms with E-state index in [-0.39, 0.29) is 23.7 Å². The Morgan fingerprint density at radius 2 is 2.20 bits per heavy atom. The van der Waals surface area contributed by atoms with Crippen LogP contribution in [0.1, 0.15) is 25.8 Å². The highest BCUT2D eigenvalue weighted by Crippen LogP contribution is 2.66. The van der Waals surface area contributed by atoms with Crippen molar-refractivity contribution in [2.75, 3.05) is 11.9 Å². The first-order chi connectivity index (χ1) is 9.57. The summed E-state index contributed by atoms with van der Waals surface area (Å²) in [6.07, 6.45) is 0.781. The van der Waals surface area contributed by atoms with Crippen LogP contribution >= 0.6 is 15.9 Å². The maximum atomic E-state index is 12.5. The normalized spacial score (nSPS) is 30.1. The Labute approximate surface area is 126 Å². The second-order valence-electron chi connectivity index (χ2n) is 5.26. The third-order valence-electron chi connectivity index (χ3n) is 4.40. The van der Waals surface area contributed by atoms with Crippen molar-refractivity contribution in [2.45, 2.75) is 25.7 Å². The summed E-state index contributed by atoms with van der Waals surface area (Å²) < 4.78 is 6.06. The molecule has 3 rings (SSSR count). The number of nitrogens with one attached hydrogen (secondary N) is 1. The van der Waals surface area contributed by atoms with Gasteiger partial charge in [0, 0.05) is 10.2 Å². The van der Waals surface area contributed by atoms with Crippen LogP contribution in [0.15, 0.2) is 22.7 Å². The zero-order chi connectivity index (χ0) is 14.5. The average molecular weight is 338 g/mol. The average Bonchev–Trinajstić information content (AvgIpc) is 3.02. The number of carbonyl (C=O) groups is 2. The molecule has 3 atom stereocenters. The minimum absolute atomic E-state index is 0.0251. The van der Waals surface area contributed by atoms with Crippen LogP contribution in [0.5, 0.6) is 0 Å². The van der Waals surface area contributed by atoms with E-state index < -0.39 is 5.41 Å². The Morgan fingerprint density at radius 3 is 2.85 bits per heavy atom. The molecule has 1 unspecified atom stereocenters. The van der Waals surface area contributed by atoms with Crippen molar-refractivity contribution in [3.63, 3.8) is 0 Å². The lowest BCUT2D eigenvalue weighted by molar-refractivity contribution is -0.146. The molecule has 20 heavy (non-hydrogen) atoms. The van der Waals surface area contributed by atoms with Crippen LogP contribution < -0.4 is 5.32 Å². The summed E-state index contributed by atoms with van der Waals surface area (Å²) in [7, 11) is 0. The molecule has 106 valence electrons. The summed E-state index contributed by atoms with van der Waals surface area (Å²) in [6.45, 7) is 4.14. The molecule has 1 aromatic rings. The van der Waals surface area contributed by atoms with Gasteiger partial charge in [-0.25, -0.2) is 0 Å². The van der Waals surface area contributed by atoms with E-state index in [0.29, 0.717) is 6.61 Å². The molecule has 1 saturated carbocycles. The van der Waals surface area contributed by atoms with Crippen molar-refractivity contribution in [3.8, 4) is 0 Å². The molecule has 1 aromatic carbocycles. The lowest BCUT2D eigenvalue weighted by Crippen LogP contribution is -2.25. The maximum Gasteiger partial charge on any atom is 0.310 e. The Kier molecular flexibility index (Phi) is 3.12. The Morgan fingerprint density at radius 1 is 1.45 bits per heavy atom. The van der Waals surface area contributed by atoms with E-state index in [0.717, 1.165) is 22.1 Å². The predicted molar refractivity (Wildman–Crippen MR) is 78.4 cm³/mol. The van der Waals surface area contributed by atoms with E-state index >= 15 is 0 Å². The Hall–Kier alpha value is -1.36. The molecular formula is C15H16BrNO3. The summed E-state index contributed by atoms with van der Waals surface area (Å²) in [5.41, 5.74) is 1.00. The van der Waals surface area contributed by atoms with E-state index in [4.69, 9.17) is 4.74 Å². The van der Waals surface area contributed by atoms with Crippen molar-refractivity contribution < 1.29 is 14.3 Å².